The van der Waals surface area contributed by atoms with Gasteiger partial charge in [-0.1, -0.05) is 13.8 Å². The second kappa shape index (κ2) is 2.95. The van der Waals surface area contributed by atoms with E-state index < -0.39 is 17.6 Å². The Labute approximate surface area is 98.5 Å². The van der Waals surface area contributed by atoms with Gasteiger partial charge in [-0.25, -0.2) is 9.97 Å². The van der Waals surface area contributed by atoms with Crippen molar-refractivity contribution < 1.29 is 9.90 Å². The standard InChI is InChI=1S/C11H14N4O2/c1-4-12-7-5-6(9(16)14-7)11(2,3)10(17)15-8(5)13-4/h6,10,17H,1-3H3,(H2,12,13,14,15,16). The highest BCUT2D eigenvalue weighted by Crippen LogP contribution is 2.50. The van der Waals surface area contributed by atoms with E-state index in [1.165, 1.54) is 0 Å². The third kappa shape index (κ3) is 1.21. The fourth-order valence-electron chi connectivity index (χ4n) is 2.56. The smallest absolute Gasteiger partial charge is 0.234 e. The number of hydrogen-bond donors (Lipinski definition) is 3. The van der Waals surface area contributed by atoms with Crippen LogP contribution in [0.5, 0.6) is 0 Å². The Morgan fingerprint density at radius 2 is 1.94 bits per heavy atom. The maximum atomic E-state index is 12.0. The normalized spacial score (nSPS) is 28.4. The Hall–Kier alpha value is -1.69. The largest absolute Gasteiger partial charge is 0.373 e. The molecule has 3 N–H and O–H groups in total. The molecule has 2 aliphatic heterocycles. The third-order valence-corrected chi connectivity index (χ3v) is 3.57. The van der Waals surface area contributed by atoms with Crippen LogP contribution in [0.25, 0.3) is 0 Å². The average Bonchev–Trinajstić information content (AvgIpc) is 2.52. The molecular formula is C11H14N4O2. The molecule has 0 bridgehead atoms. The lowest BCUT2D eigenvalue weighted by Gasteiger charge is -2.40. The first-order valence-electron chi connectivity index (χ1n) is 5.55. The highest BCUT2D eigenvalue weighted by atomic mass is 16.3. The Balaban J connectivity index is 2.27. The summed E-state index contributed by atoms with van der Waals surface area (Å²) in [7, 11) is 0. The number of hydrogen-bond acceptors (Lipinski definition) is 5. The van der Waals surface area contributed by atoms with Gasteiger partial charge in [0.1, 0.15) is 23.7 Å². The van der Waals surface area contributed by atoms with Gasteiger partial charge in [-0.2, -0.15) is 0 Å². The maximum absolute atomic E-state index is 12.0. The Kier molecular flexibility index (Phi) is 1.82. The third-order valence-electron chi connectivity index (χ3n) is 3.57. The van der Waals surface area contributed by atoms with Crippen LogP contribution in [0.1, 0.15) is 31.2 Å². The van der Waals surface area contributed by atoms with Gasteiger partial charge in [-0.05, 0) is 6.92 Å². The summed E-state index contributed by atoms with van der Waals surface area (Å²) in [5.74, 6) is 1.17. The zero-order valence-electron chi connectivity index (χ0n) is 9.90. The molecule has 0 fully saturated rings. The minimum atomic E-state index is -0.800. The Morgan fingerprint density at radius 1 is 1.29 bits per heavy atom. The van der Waals surface area contributed by atoms with Crippen molar-refractivity contribution in [3.8, 4) is 0 Å². The lowest BCUT2D eigenvalue weighted by Crippen LogP contribution is -2.46. The summed E-state index contributed by atoms with van der Waals surface area (Å²) >= 11 is 0. The number of nitrogens with zero attached hydrogens (tertiary/aromatic N) is 2. The summed E-state index contributed by atoms with van der Waals surface area (Å²) in [5.41, 5.74) is 0.192. The number of aryl methyl sites for hydroxylation is 1. The number of aliphatic hydroxyl groups excluding tert-OH is 1. The molecule has 17 heavy (non-hydrogen) atoms. The monoisotopic (exact) mass is 234 g/mol. The van der Waals surface area contributed by atoms with Gasteiger partial charge in [0.15, 0.2) is 0 Å². The van der Waals surface area contributed by atoms with E-state index in [9.17, 15) is 9.90 Å². The molecule has 0 aliphatic carbocycles. The fourth-order valence-corrected chi connectivity index (χ4v) is 2.56. The molecule has 3 rings (SSSR count). The average molecular weight is 234 g/mol. The summed E-state index contributed by atoms with van der Waals surface area (Å²) in [4.78, 5) is 20.5. The van der Waals surface area contributed by atoms with Crippen molar-refractivity contribution in [3.63, 3.8) is 0 Å². The molecule has 1 amide bonds. The number of aromatic nitrogens is 2. The van der Waals surface area contributed by atoms with Gasteiger partial charge in [0.2, 0.25) is 5.91 Å². The van der Waals surface area contributed by atoms with Crippen LogP contribution in [0.4, 0.5) is 11.6 Å². The van der Waals surface area contributed by atoms with Crippen LogP contribution in [0.2, 0.25) is 0 Å². The molecule has 0 radical (unpaired) electrons. The SMILES string of the molecule is Cc1nc2c3c(n1)NC(O)C(C)(C)C3C(=O)N2. The number of nitrogens with one attached hydrogen (secondary N) is 2. The minimum absolute atomic E-state index is 0.119. The van der Waals surface area contributed by atoms with E-state index in [4.69, 9.17) is 0 Å². The van der Waals surface area contributed by atoms with Gasteiger partial charge < -0.3 is 15.7 Å². The summed E-state index contributed by atoms with van der Waals surface area (Å²) < 4.78 is 0. The summed E-state index contributed by atoms with van der Waals surface area (Å²) in [6, 6.07) is 0. The molecule has 2 aliphatic rings. The number of amides is 1. The summed E-state index contributed by atoms with van der Waals surface area (Å²) in [5, 5.41) is 15.8. The zero-order valence-corrected chi connectivity index (χ0v) is 9.90. The molecule has 6 heteroatoms. The van der Waals surface area contributed by atoms with Crippen molar-refractivity contribution >= 4 is 17.5 Å². The minimum Gasteiger partial charge on any atom is -0.373 e. The van der Waals surface area contributed by atoms with Gasteiger partial charge in [0.25, 0.3) is 0 Å². The molecule has 0 saturated carbocycles. The van der Waals surface area contributed by atoms with Gasteiger partial charge in [-0.15, -0.1) is 0 Å². The molecule has 2 unspecified atom stereocenters. The van der Waals surface area contributed by atoms with Crippen molar-refractivity contribution in [1.29, 1.82) is 0 Å². The maximum Gasteiger partial charge on any atom is 0.234 e. The quantitative estimate of drug-likeness (QED) is 0.611. The van der Waals surface area contributed by atoms with Crippen LogP contribution in [-0.4, -0.2) is 27.2 Å². The van der Waals surface area contributed by atoms with Crippen LogP contribution in [0.3, 0.4) is 0 Å². The van der Waals surface area contributed by atoms with Crippen LogP contribution in [0, 0.1) is 12.3 Å². The number of rotatable bonds is 0. The van der Waals surface area contributed by atoms with E-state index in [0.29, 0.717) is 17.5 Å². The van der Waals surface area contributed by atoms with Crippen molar-refractivity contribution in [2.75, 3.05) is 10.6 Å². The number of anilines is 2. The first-order chi connectivity index (χ1) is 7.91. The lowest BCUT2D eigenvalue weighted by atomic mass is 9.72. The molecule has 90 valence electrons. The van der Waals surface area contributed by atoms with E-state index in [2.05, 4.69) is 20.6 Å². The van der Waals surface area contributed by atoms with Crippen LogP contribution >= 0.6 is 0 Å². The molecule has 1 aromatic heterocycles. The predicted octanol–water partition coefficient (Wildman–Crippen LogP) is 0.591. The van der Waals surface area contributed by atoms with Crippen molar-refractivity contribution in [1.82, 2.24) is 9.97 Å². The summed E-state index contributed by atoms with van der Waals surface area (Å²) in [6.45, 7) is 5.46. The van der Waals surface area contributed by atoms with E-state index in [0.717, 1.165) is 5.56 Å². The second-order valence-corrected chi connectivity index (χ2v) is 5.17. The lowest BCUT2D eigenvalue weighted by molar-refractivity contribution is -0.121. The Morgan fingerprint density at radius 3 is 2.65 bits per heavy atom. The number of carbonyl (C=O) groups excluding carboxylic acids is 1. The van der Waals surface area contributed by atoms with Gasteiger partial charge in [0.05, 0.1) is 11.5 Å². The van der Waals surface area contributed by atoms with Crippen LogP contribution in [0.15, 0.2) is 0 Å². The predicted molar refractivity (Wildman–Crippen MR) is 61.6 cm³/mol. The van der Waals surface area contributed by atoms with Gasteiger partial charge in [-0.3, -0.25) is 4.79 Å². The molecule has 0 spiro atoms. The van der Waals surface area contributed by atoms with E-state index in [1.807, 2.05) is 13.8 Å². The van der Waals surface area contributed by atoms with Gasteiger partial charge in [0, 0.05) is 5.41 Å². The molecule has 0 aromatic carbocycles. The van der Waals surface area contributed by atoms with Crippen molar-refractivity contribution in [2.24, 2.45) is 5.41 Å². The van der Waals surface area contributed by atoms with E-state index in [-0.39, 0.29) is 5.91 Å². The highest BCUT2D eigenvalue weighted by Gasteiger charge is 2.51. The second-order valence-electron chi connectivity index (χ2n) is 5.17. The van der Waals surface area contributed by atoms with E-state index >= 15 is 0 Å². The van der Waals surface area contributed by atoms with Crippen LogP contribution < -0.4 is 10.6 Å². The first kappa shape index (κ1) is 10.5. The summed E-state index contributed by atoms with van der Waals surface area (Å²) in [6.07, 6.45) is -0.800. The first-order valence-corrected chi connectivity index (χ1v) is 5.55. The number of aliphatic hydroxyl groups is 1. The molecule has 6 nitrogen and oxygen atoms in total. The molecule has 2 atom stereocenters. The molecule has 0 saturated heterocycles. The van der Waals surface area contributed by atoms with Crippen molar-refractivity contribution in [3.05, 3.63) is 11.4 Å². The fraction of sp³-hybridized carbons (Fsp3) is 0.545. The van der Waals surface area contributed by atoms with Crippen LogP contribution in [-0.2, 0) is 4.79 Å². The van der Waals surface area contributed by atoms with Gasteiger partial charge >= 0.3 is 0 Å². The highest BCUT2D eigenvalue weighted by molar-refractivity contribution is 6.04. The zero-order chi connectivity index (χ0) is 12.4. The molecule has 1 aromatic rings. The number of carbonyl (C=O) groups is 1. The Bertz CT molecular complexity index is 526. The molecular weight excluding hydrogens is 220 g/mol. The van der Waals surface area contributed by atoms with Crippen molar-refractivity contribution in [2.45, 2.75) is 32.9 Å². The van der Waals surface area contributed by atoms with E-state index in [1.54, 1.807) is 6.92 Å². The molecule has 3 heterocycles. The topological polar surface area (TPSA) is 87.1 Å².